The number of esters is 1. The molecule has 1 amide bonds. The molecule has 0 fully saturated rings. The van der Waals surface area contributed by atoms with Gasteiger partial charge in [0.1, 0.15) is 11.8 Å². The largest absolute Gasteiger partial charge is 0.480 e. The second kappa shape index (κ2) is 9.68. The number of hydrogen-bond donors (Lipinski definition) is 3. The number of amides is 1. The summed E-state index contributed by atoms with van der Waals surface area (Å²) in [6.45, 7) is 2.19. The summed E-state index contributed by atoms with van der Waals surface area (Å²) >= 11 is 1.15. The number of carboxylic acids is 1. The topological polar surface area (TPSA) is 131 Å². The van der Waals surface area contributed by atoms with Crippen LogP contribution >= 0.6 is 11.3 Å². The Morgan fingerprint density at radius 2 is 2.23 bits per heavy atom. The molecule has 0 aliphatic carbocycles. The highest BCUT2D eigenvalue weighted by atomic mass is 32.1. The van der Waals surface area contributed by atoms with Gasteiger partial charge in [-0.05, 0) is 19.1 Å². The van der Waals surface area contributed by atoms with Gasteiger partial charge in [-0.2, -0.15) is 0 Å². The highest BCUT2D eigenvalue weighted by Crippen LogP contribution is 2.16. The Bertz CT molecular complexity index is 743. The van der Waals surface area contributed by atoms with Gasteiger partial charge in [-0.25, -0.2) is 4.98 Å². The first-order valence-corrected chi connectivity index (χ1v) is 8.74. The van der Waals surface area contributed by atoms with Gasteiger partial charge in [0.2, 0.25) is 5.91 Å². The SMILES string of the molecule is CCOC(=O)Cc1csc(NC(=O)CC(NCc2ccco2)C(=O)O)n1. The minimum atomic E-state index is -1.14. The number of nitrogens with zero attached hydrogens (tertiary/aromatic N) is 1. The zero-order valence-electron chi connectivity index (χ0n) is 14.1. The standard InChI is InChI=1S/C16H19N3O6S/c1-2-24-14(21)6-10-9-26-16(18-10)19-13(20)7-12(15(22)23)17-8-11-4-3-5-25-11/h3-5,9,12,17H,2,6-8H2,1H3,(H,22,23)(H,18,19,20). The summed E-state index contributed by atoms with van der Waals surface area (Å²) in [6, 6.07) is 2.32. The molecule has 3 N–H and O–H groups in total. The van der Waals surface area contributed by atoms with Crippen molar-refractivity contribution in [3.05, 3.63) is 35.2 Å². The monoisotopic (exact) mass is 381 g/mol. The minimum absolute atomic E-state index is 0.0165. The van der Waals surface area contributed by atoms with Gasteiger partial charge in [-0.15, -0.1) is 11.3 Å². The molecule has 140 valence electrons. The van der Waals surface area contributed by atoms with Crippen molar-refractivity contribution in [1.82, 2.24) is 10.3 Å². The number of nitrogens with one attached hydrogen (secondary N) is 2. The van der Waals surface area contributed by atoms with E-state index in [9.17, 15) is 19.5 Å². The van der Waals surface area contributed by atoms with Gasteiger partial charge in [0, 0.05) is 5.38 Å². The molecule has 2 aromatic rings. The van der Waals surface area contributed by atoms with E-state index in [1.165, 1.54) is 6.26 Å². The van der Waals surface area contributed by atoms with Crippen molar-refractivity contribution >= 4 is 34.3 Å². The molecule has 0 aliphatic rings. The number of aliphatic carboxylic acids is 1. The minimum Gasteiger partial charge on any atom is -0.480 e. The third-order valence-corrected chi connectivity index (χ3v) is 4.03. The molecule has 10 heteroatoms. The van der Waals surface area contributed by atoms with E-state index in [4.69, 9.17) is 9.15 Å². The zero-order valence-corrected chi connectivity index (χ0v) is 14.9. The predicted molar refractivity (Wildman–Crippen MR) is 92.7 cm³/mol. The van der Waals surface area contributed by atoms with E-state index in [1.807, 2.05) is 0 Å². The van der Waals surface area contributed by atoms with E-state index >= 15 is 0 Å². The van der Waals surface area contributed by atoms with Crippen LogP contribution in [-0.2, 0) is 32.1 Å². The molecule has 0 aliphatic heterocycles. The van der Waals surface area contributed by atoms with Crippen molar-refractivity contribution in [2.45, 2.75) is 32.4 Å². The molecule has 2 heterocycles. The third kappa shape index (κ3) is 6.30. The van der Waals surface area contributed by atoms with Crippen LogP contribution in [0.1, 0.15) is 24.8 Å². The van der Waals surface area contributed by atoms with Crippen molar-refractivity contribution in [1.29, 1.82) is 0 Å². The molecule has 0 saturated heterocycles. The normalized spacial score (nSPS) is 11.7. The van der Waals surface area contributed by atoms with E-state index in [0.29, 0.717) is 16.6 Å². The number of anilines is 1. The molecular formula is C16H19N3O6S. The molecule has 0 spiro atoms. The molecule has 2 aromatic heterocycles. The van der Waals surface area contributed by atoms with E-state index in [2.05, 4.69) is 15.6 Å². The summed E-state index contributed by atoms with van der Waals surface area (Å²) in [6.07, 6.45) is 1.22. The summed E-state index contributed by atoms with van der Waals surface area (Å²) in [5, 5.41) is 16.5. The van der Waals surface area contributed by atoms with Gasteiger partial charge in [-0.1, -0.05) is 0 Å². The first-order chi connectivity index (χ1) is 12.5. The van der Waals surface area contributed by atoms with E-state index in [-0.39, 0.29) is 26.0 Å². The number of ether oxygens (including phenoxy) is 1. The number of thiazole rings is 1. The fraction of sp³-hybridized carbons (Fsp3) is 0.375. The average molecular weight is 381 g/mol. The Kier molecular flexibility index (Phi) is 7.30. The summed E-state index contributed by atoms with van der Waals surface area (Å²) in [4.78, 5) is 38.9. The number of aromatic nitrogens is 1. The Morgan fingerprint density at radius 3 is 2.88 bits per heavy atom. The lowest BCUT2D eigenvalue weighted by molar-refractivity contribution is -0.142. The lowest BCUT2D eigenvalue weighted by atomic mass is 10.2. The maximum absolute atomic E-state index is 12.1. The van der Waals surface area contributed by atoms with Crippen LogP contribution in [0, 0.1) is 0 Å². The fourth-order valence-corrected chi connectivity index (χ4v) is 2.77. The third-order valence-electron chi connectivity index (χ3n) is 3.22. The Labute approximate surface area is 153 Å². The van der Waals surface area contributed by atoms with Crippen LogP contribution in [0.3, 0.4) is 0 Å². The number of carbonyl (C=O) groups excluding carboxylic acids is 2. The van der Waals surface area contributed by atoms with E-state index in [0.717, 1.165) is 11.3 Å². The van der Waals surface area contributed by atoms with E-state index in [1.54, 1.807) is 24.4 Å². The molecule has 1 unspecified atom stereocenters. The summed E-state index contributed by atoms with van der Waals surface area (Å²) in [5.41, 5.74) is 0.481. The van der Waals surface area contributed by atoms with Crippen LogP contribution < -0.4 is 10.6 Å². The van der Waals surface area contributed by atoms with Crippen LogP contribution in [0.4, 0.5) is 5.13 Å². The van der Waals surface area contributed by atoms with Gasteiger partial charge in [0.05, 0.1) is 38.0 Å². The van der Waals surface area contributed by atoms with Gasteiger partial charge >= 0.3 is 11.9 Å². The second-order valence-electron chi connectivity index (χ2n) is 5.23. The fourth-order valence-electron chi connectivity index (χ4n) is 2.04. The van der Waals surface area contributed by atoms with Gasteiger partial charge < -0.3 is 19.6 Å². The van der Waals surface area contributed by atoms with Gasteiger partial charge in [0.25, 0.3) is 0 Å². The van der Waals surface area contributed by atoms with Gasteiger partial charge in [-0.3, -0.25) is 19.7 Å². The molecule has 9 nitrogen and oxygen atoms in total. The number of carboxylic acid groups (broad SMARTS) is 1. The number of carbonyl (C=O) groups is 3. The second-order valence-corrected chi connectivity index (χ2v) is 6.09. The van der Waals surface area contributed by atoms with Crippen LogP contribution in [0.25, 0.3) is 0 Å². The van der Waals surface area contributed by atoms with Crippen molar-refractivity contribution < 1.29 is 28.6 Å². The molecular weight excluding hydrogens is 362 g/mol. The van der Waals surface area contributed by atoms with Crippen LogP contribution in [0.15, 0.2) is 28.2 Å². The highest BCUT2D eigenvalue weighted by Gasteiger charge is 2.22. The number of furan rings is 1. The smallest absolute Gasteiger partial charge is 0.321 e. The molecule has 0 radical (unpaired) electrons. The highest BCUT2D eigenvalue weighted by molar-refractivity contribution is 7.13. The predicted octanol–water partition coefficient (Wildman–Crippen LogP) is 1.41. The first kappa shape index (κ1) is 19.6. The van der Waals surface area contributed by atoms with Gasteiger partial charge in [0.15, 0.2) is 5.13 Å². The average Bonchev–Trinajstić information content (AvgIpc) is 3.23. The Hall–Kier alpha value is -2.72. The molecule has 2 rings (SSSR count). The quantitative estimate of drug-likeness (QED) is 0.527. The maximum atomic E-state index is 12.1. The van der Waals surface area contributed by atoms with Crippen molar-refractivity contribution in [3.63, 3.8) is 0 Å². The van der Waals surface area contributed by atoms with E-state index < -0.39 is 23.9 Å². The number of hydrogen-bond acceptors (Lipinski definition) is 8. The summed E-state index contributed by atoms with van der Waals surface area (Å²) in [5.74, 6) is -1.47. The number of rotatable bonds is 10. The Balaban J connectivity index is 1.84. The van der Waals surface area contributed by atoms with Crippen LogP contribution in [0.5, 0.6) is 0 Å². The summed E-state index contributed by atoms with van der Waals surface area (Å²) in [7, 11) is 0. The lowest BCUT2D eigenvalue weighted by Gasteiger charge is -2.12. The molecule has 0 aromatic carbocycles. The van der Waals surface area contributed by atoms with Crippen molar-refractivity contribution in [3.8, 4) is 0 Å². The lowest BCUT2D eigenvalue weighted by Crippen LogP contribution is -2.39. The Morgan fingerprint density at radius 1 is 1.42 bits per heavy atom. The molecule has 0 bridgehead atoms. The van der Waals surface area contributed by atoms with Crippen molar-refractivity contribution in [2.75, 3.05) is 11.9 Å². The molecule has 0 saturated carbocycles. The van der Waals surface area contributed by atoms with Crippen LogP contribution in [-0.4, -0.2) is 40.6 Å². The van der Waals surface area contributed by atoms with Crippen LogP contribution in [0.2, 0.25) is 0 Å². The summed E-state index contributed by atoms with van der Waals surface area (Å²) < 4.78 is 9.94. The molecule has 26 heavy (non-hydrogen) atoms. The zero-order chi connectivity index (χ0) is 18.9. The first-order valence-electron chi connectivity index (χ1n) is 7.86. The maximum Gasteiger partial charge on any atom is 0.321 e. The van der Waals surface area contributed by atoms with Crippen molar-refractivity contribution in [2.24, 2.45) is 0 Å². The molecule has 1 atom stereocenters.